The Labute approximate surface area is 146 Å². The highest BCUT2D eigenvalue weighted by atomic mass is 16.2. The van der Waals surface area contributed by atoms with E-state index in [0.717, 1.165) is 37.2 Å². The number of carbonyl (C=O) groups is 1. The molecule has 24 heavy (non-hydrogen) atoms. The Morgan fingerprint density at radius 2 is 1.67 bits per heavy atom. The van der Waals surface area contributed by atoms with Gasteiger partial charge in [-0.2, -0.15) is 0 Å². The zero-order chi connectivity index (χ0) is 17.3. The fourth-order valence-electron chi connectivity index (χ4n) is 4.68. The van der Waals surface area contributed by atoms with Gasteiger partial charge in [0.1, 0.15) is 0 Å². The van der Waals surface area contributed by atoms with Gasteiger partial charge in [0.05, 0.1) is 5.56 Å². The second-order valence-electron chi connectivity index (χ2n) is 7.87. The molecule has 0 saturated carbocycles. The lowest BCUT2D eigenvalue weighted by Crippen LogP contribution is -2.48. The molecule has 3 rings (SSSR count). The average Bonchev–Trinajstić information content (AvgIpc) is 2.89. The molecule has 2 fully saturated rings. The number of piperidine rings is 2. The normalized spacial score (nSPS) is 20.8. The smallest absolute Gasteiger partial charge is 0.255 e. The quantitative estimate of drug-likeness (QED) is 0.843. The summed E-state index contributed by atoms with van der Waals surface area (Å²) in [6.07, 6.45) is 6.35. The summed E-state index contributed by atoms with van der Waals surface area (Å²) >= 11 is 0. The second-order valence-corrected chi connectivity index (χ2v) is 7.87. The molecule has 1 amide bonds. The Morgan fingerprint density at radius 1 is 1.04 bits per heavy atom. The summed E-state index contributed by atoms with van der Waals surface area (Å²) in [7, 11) is 0. The molecule has 4 heteroatoms. The first-order chi connectivity index (χ1) is 11.5. The summed E-state index contributed by atoms with van der Waals surface area (Å²) in [6, 6.07) is 3.17. The Kier molecular flexibility index (Phi) is 5.33. The van der Waals surface area contributed by atoms with Gasteiger partial charge in [-0.05, 0) is 72.5 Å². The maximum atomic E-state index is 13.0. The minimum atomic E-state index is 0.229. The lowest BCUT2D eigenvalue weighted by Gasteiger charge is -2.40. The molecule has 0 atom stereocenters. The molecule has 1 aromatic heterocycles. The van der Waals surface area contributed by atoms with Gasteiger partial charge in [0.15, 0.2) is 0 Å². The van der Waals surface area contributed by atoms with Crippen molar-refractivity contribution < 1.29 is 4.79 Å². The summed E-state index contributed by atoms with van der Waals surface area (Å²) in [5, 5.41) is 0. The molecule has 0 N–H and O–H groups in total. The van der Waals surface area contributed by atoms with E-state index in [9.17, 15) is 4.79 Å². The molecule has 1 aromatic rings. The fraction of sp³-hybridized carbons (Fsp3) is 0.750. The van der Waals surface area contributed by atoms with Crippen LogP contribution in [-0.4, -0.2) is 52.5 Å². The van der Waals surface area contributed by atoms with Crippen LogP contribution in [0.1, 0.15) is 73.7 Å². The van der Waals surface area contributed by atoms with Crippen molar-refractivity contribution in [3.63, 3.8) is 0 Å². The number of hydrogen-bond donors (Lipinski definition) is 0. The van der Waals surface area contributed by atoms with Crippen LogP contribution in [0, 0.1) is 13.8 Å². The number of aryl methyl sites for hydroxylation is 1. The Bertz CT molecular complexity index is 576. The lowest BCUT2D eigenvalue weighted by molar-refractivity contribution is 0.0589. The second kappa shape index (κ2) is 7.30. The van der Waals surface area contributed by atoms with Gasteiger partial charge in [0, 0.05) is 36.6 Å². The lowest BCUT2D eigenvalue weighted by atomic mass is 9.99. The number of likely N-dealkylation sites (tertiary alicyclic amines) is 2. The molecule has 2 saturated heterocycles. The molecule has 0 unspecified atom stereocenters. The molecule has 134 valence electrons. The first-order valence-corrected chi connectivity index (χ1v) is 9.70. The van der Waals surface area contributed by atoms with Crippen LogP contribution < -0.4 is 0 Å². The van der Waals surface area contributed by atoms with Gasteiger partial charge >= 0.3 is 0 Å². The maximum Gasteiger partial charge on any atom is 0.255 e. The van der Waals surface area contributed by atoms with E-state index in [-0.39, 0.29) is 5.91 Å². The summed E-state index contributed by atoms with van der Waals surface area (Å²) in [5.41, 5.74) is 3.21. The first kappa shape index (κ1) is 17.5. The van der Waals surface area contributed by atoms with Crippen molar-refractivity contribution >= 4 is 5.91 Å². The van der Waals surface area contributed by atoms with Crippen molar-refractivity contribution in [2.75, 3.05) is 26.2 Å². The molecule has 2 aliphatic rings. The van der Waals surface area contributed by atoms with Crippen LogP contribution in [0.15, 0.2) is 6.07 Å². The number of hydrogen-bond acceptors (Lipinski definition) is 2. The highest BCUT2D eigenvalue weighted by Crippen LogP contribution is 2.25. The number of nitrogens with zero attached hydrogens (tertiary/aromatic N) is 3. The van der Waals surface area contributed by atoms with Crippen LogP contribution in [0.25, 0.3) is 0 Å². The van der Waals surface area contributed by atoms with Gasteiger partial charge in [0.25, 0.3) is 5.91 Å². The average molecular weight is 332 g/mol. The van der Waals surface area contributed by atoms with Gasteiger partial charge < -0.3 is 14.4 Å². The Morgan fingerprint density at radius 3 is 2.21 bits per heavy atom. The number of aromatic nitrogens is 1. The first-order valence-electron chi connectivity index (χ1n) is 9.70. The number of rotatable bonds is 3. The molecule has 0 bridgehead atoms. The number of carbonyl (C=O) groups excluding carboxylic acids is 1. The van der Waals surface area contributed by atoms with Crippen LogP contribution in [-0.2, 0) is 0 Å². The third-order valence-corrected chi connectivity index (χ3v) is 5.89. The fourth-order valence-corrected chi connectivity index (χ4v) is 4.68. The molecule has 0 radical (unpaired) electrons. The van der Waals surface area contributed by atoms with Gasteiger partial charge in [-0.3, -0.25) is 4.79 Å². The molecule has 2 aliphatic heterocycles. The monoisotopic (exact) mass is 331 g/mol. The van der Waals surface area contributed by atoms with Crippen molar-refractivity contribution in [2.45, 2.75) is 71.9 Å². The number of amides is 1. The van der Waals surface area contributed by atoms with Crippen LogP contribution in [0.2, 0.25) is 0 Å². The minimum absolute atomic E-state index is 0.229. The van der Waals surface area contributed by atoms with Crippen LogP contribution in [0.5, 0.6) is 0 Å². The largest absolute Gasteiger partial charge is 0.346 e. The summed E-state index contributed by atoms with van der Waals surface area (Å²) in [5.74, 6) is 0.229. The standard InChI is InChI=1S/C20H33N3O/c1-15(2)23-16(3)14-19(17(23)4)20(24)22-12-8-18(9-13-22)21-10-6-5-7-11-21/h14-15,18H,5-13H2,1-4H3. The van der Waals surface area contributed by atoms with Crippen molar-refractivity contribution in [1.82, 2.24) is 14.4 Å². The van der Waals surface area contributed by atoms with E-state index in [1.165, 1.54) is 38.0 Å². The van der Waals surface area contributed by atoms with Gasteiger partial charge in [-0.15, -0.1) is 0 Å². The van der Waals surface area contributed by atoms with Crippen molar-refractivity contribution in [1.29, 1.82) is 0 Å². The summed E-state index contributed by atoms with van der Waals surface area (Å²) < 4.78 is 2.27. The van der Waals surface area contributed by atoms with Crippen LogP contribution >= 0.6 is 0 Å². The zero-order valence-electron chi connectivity index (χ0n) is 15.8. The summed E-state index contributed by atoms with van der Waals surface area (Å²) in [6.45, 7) is 12.9. The van der Waals surface area contributed by atoms with Gasteiger partial charge in [-0.1, -0.05) is 6.42 Å². The predicted octanol–water partition coefficient (Wildman–Crippen LogP) is 3.78. The van der Waals surface area contributed by atoms with Crippen molar-refractivity contribution in [3.8, 4) is 0 Å². The predicted molar refractivity (Wildman–Crippen MR) is 98.6 cm³/mol. The van der Waals surface area contributed by atoms with E-state index < -0.39 is 0 Å². The topological polar surface area (TPSA) is 28.5 Å². The Hall–Kier alpha value is -1.29. The van der Waals surface area contributed by atoms with E-state index in [1.807, 2.05) is 0 Å². The maximum absolute atomic E-state index is 13.0. The SMILES string of the molecule is Cc1cc(C(=O)N2CCC(N3CCCCC3)CC2)c(C)n1C(C)C. The van der Waals surface area contributed by atoms with E-state index in [1.54, 1.807) is 0 Å². The summed E-state index contributed by atoms with van der Waals surface area (Å²) in [4.78, 5) is 17.7. The molecule has 3 heterocycles. The van der Waals surface area contributed by atoms with Crippen LogP contribution in [0.4, 0.5) is 0 Å². The molecular weight excluding hydrogens is 298 g/mol. The van der Waals surface area contributed by atoms with E-state index >= 15 is 0 Å². The third-order valence-electron chi connectivity index (χ3n) is 5.89. The van der Waals surface area contributed by atoms with Crippen LogP contribution in [0.3, 0.4) is 0 Å². The minimum Gasteiger partial charge on any atom is -0.346 e. The Balaban J connectivity index is 1.64. The van der Waals surface area contributed by atoms with E-state index in [0.29, 0.717) is 12.1 Å². The molecule has 4 nitrogen and oxygen atoms in total. The van der Waals surface area contributed by atoms with Crippen molar-refractivity contribution in [3.05, 3.63) is 23.0 Å². The molecular formula is C20H33N3O. The van der Waals surface area contributed by atoms with Gasteiger partial charge in [-0.25, -0.2) is 0 Å². The van der Waals surface area contributed by atoms with Gasteiger partial charge in [0.2, 0.25) is 0 Å². The molecule has 0 aliphatic carbocycles. The highest BCUT2D eigenvalue weighted by molar-refractivity contribution is 5.95. The zero-order valence-corrected chi connectivity index (χ0v) is 15.8. The van der Waals surface area contributed by atoms with E-state index in [2.05, 4.69) is 48.1 Å². The van der Waals surface area contributed by atoms with E-state index in [4.69, 9.17) is 0 Å². The molecule has 0 aromatic carbocycles. The van der Waals surface area contributed by atoms with Crippen molar-refractivity contribution in [2.24, 2.45) is 0 Å². The molecule has 0 spiro atoms. The highest BCUT2D eigenvalue weighted by Gasteiger charge is 2.29. The third kappa shape index (κ3) is 3.39.